The van der Waals surface area contributed by atoms with Crippen molar-refractivity contribution in [1.82, 2.24) is 15.6 Å². The second-order valence-corrected chi connectivity index (χ2v) is 7.33. The number of β-amino-alcohol motifs (C(OH)–C–C–N with tert-alkyl or cyclic N) is 1. The van der Waals surface area contributed by atoms with E-state index >= 15 is 0 Å². The van der Waals surface area contributed by atoms with Gasteiger partial charge in [-0.25, -0.2) is 8.78 Å². The van der Waals surface area contributed by atoms with Gasteiger partial charge in [0.2, 0.25) is 11.8 Å². The molecule has 4 N–H and O–H groups in total. The van der Waals surface area contributed by atoms with Crippen molar-refractivity contribution in [1.29, 1.82) is 5.26 Å². The maximum Gasteiger partial charge on any atom is 0.245 e. The van der Waals surface area contributed by atoms with Crippen LogP contribution in [0.5, 0.6) is 0 Å². The van der Waals surface area contributed by atoms with Crippen LogP contribution in [-0.2, 0) is 16.0 Å². The van der Waals surface area contributed by atoms with E-state index in [1.807, 2.05) is 6.07 Å². The molecule has 0 radical (unpaired) electrons. The number of aromatic amines is 1. The van der Waals surface area contributed by atoms with E-state index in [-0.39, 0.29) is 24.9 Å². The third kappa shape index (κ3) is 3.98. The Morgan fingerprint density at radius 2 is 1.97 bits per heavy atom. The fourth-order valence-corrected chi connectivity index (χ4v) is 3.78. The van der Waals surface area contributed by atoms with Crippen molar-refractivity contribution in [2.24, 2.45) is 0 Å². The summed E-state index contributed by atoms with van der Waals surface area (Å²) in [7, 11) is 0. The SMILES string of the molecule is N#Cc1cc(F)cc2c(CCC(=O)N[C@@H]3C(=O)NC[C@H]3O)c(-c3ccc(F)cc3)[nH]c12. The Hall–Kier alpha value is -3.77. The Morgan fingerprint density at radius 1 is 1.23 bits per heavy atom. The summed E-state index contributed by atoms with van der Waals surface area (Å²) in [5.41, 5.74) is 2.28. The third-order valence-corrected chi connectivity index (χ3v) is 5.30. The number of H-pyrrole nitrogens is 1. The van der Waals surface area contributed by atoms with Gasteiger partial charge >= 0.3 is 0 Å². The highest BCUT2D eigenvalue weighted by molar-refractivity contribution is 5.95. The molecule has 9 heteroatoms. The highest BCUT2D eigenvalue weighted by atomic mass is 19.1. The standard InChI is InChI=1S/C22H18F2N4O3/c23-13-3-1-11(2-4-13)19-15(16-8-14(24)7-12(9-25)20(16)28-19)5-6-18(30)27-21-17(29)10-26-22(21)31/h1-4,7-8,17,21,28-29H,5-6,10H2,(H,26,31)(H,27,30)/t17-,21+/m1/s1. The van der Waals surface area contributed by atoms with Crippen LogP contribution in [0.1, 0.15) is 17.5 Å². The van der Waals surface area contributed by atoms with E-state index in [1.54, 1.807) is 12.1 Å². The molecule has 31 heavy (non-hydrogen) atoms. The molecule has 1 saturated heterocycles. The second-order valence-electron chi connectivity index (χ2n) is 7.33. The van der Waals surface area contributed by atoms with Crippen molar-refractivity contribution in [2.45, 2.75) is 25.0 Å². The molecule has 0 spiro atoms. The number of rotatable bonds is 5. The molecule has 1 fully saturated rings. The Kier molecular flexibility index (Phi) is 5.40. The number of carbonyl (C=O) groups excluding carboxylic acids is 2. The molecule has 7 nitrogen and oxygen atoms in total. The lowest BCUT2D eigenvalue weighted by Gasteiger charge is -2.13. The molecule has 2 atom stereocenters. The maximum atomic E-state index is 14.1. The number of hydrogen-bond donors (Lipinski definition) is 4. The predicted molar refractivity (Wildman–Crippen MR) is 108 cm³/mol. The van der Waals surface area contributed by atoms with Crippen molar-refractivity contribution in [3.8, 4) is 17.3 Å². The van der Waals surface area contributed by atoms with E-state index in [0.717, 1.165) is 6.07 Å². The summed E-state index contributed by atoms with van der Waals surface area (Å²) in [5, 5.41) is 24.6. The van der Waals surface area contributed by atoms with E-state index in [1.165, 1.54) is 18.2 Å². The summed E-state index contributed by atoms with van der Waals surface area (Å²) in [6, 6.07) is 8.98. The number of aryl methyl sites for hydroxylation is 1. The predicted octanol–water partition coefficient (Wildman–Crippen LogP) is 1.89. The highest BCUT2D eigenvalue weighted by Gasteiger charge is 2.34. The van der Waals surface area contributed by atoms with Crippen molar-refractivity contribution >= 4 is 22.7 Å². The fourth-order valence-electron chi connectivity index (χ4n) is 3.78. The lowest BCUT2D eigenvalue weighted by molar-refractivity contribution is -0.128. The van der Waals surface area contributed by atoms with E-state index in [2.05, 4.69) is 15.6 Å². The number of halogens is 2. The molecular weight excluding hydrogens is 406 g/mol. The van der Waals surface area contributed by atoms with Gasteiger partial charge in [0.05, 0.1) is 11.1 Å². The van der Waals surface area contributed by atoms with Gasteiger partial charge in [-0.2, -0.15) is 5.26 Å². The van der Waals surface area contributed by atoms with Gasteiger partial charge in [-0.15, -0.1) is 0 Å². The number of nitriles is 1. The summed E-state index contributed by atoms with van der Waals surface area (Å²) in [6.07, 6.45) is -0.889. The molecule has 1 aromatic heterocycles. The highest BCUT2D eigenvalue weighted by Crippen LogP contribution is 2.33. The number of hydrogen-bond acceptors (Lipinski definition) is 4. The van der Waals surface area contributed by atoms with Crippen LogP contribution in [0.3, 0.4) is 0 Å². The topological polar surface area (TPSA) is 118 Å². The largest absolute Gasteiger partial charge is 0.389 e. The first-order chi connectivity index (χ1) is 14.9. The summed E-state index contributed by atoms with van der Waals surface area (Å²) in [6.45, 7) is 0.0666. The fraction of sp³-hybridized carbons (Fsp3) is 0.227. The number of aliphatic hydroxyl groups excluding tert-OH is 1. The minimum absolute atomic E-state index is 0.0456. The number of aromatic nitrogens is 1. The van der Waals surface area contributed by atoms with Crippen LogP contribution in [-0.4, -0.2) is 40.6 Å². The Bertz CT molecular complexity index is 1210. The van der Waals surface area contributed by atoms with Gasteiger partial charge in [0.15, 0.2) is 0 Å². The van der Waals surface area contributed by atoms with Gasteiger partial charge < -0.3 is 20.7 Å². The summed E-state index contributed by atoms with van der Waals surface area (Å²) in [5.74, 6) is -1.93. The molecule has 0 aliphatic carbocycles. The lowest BCUT2D eigenvalue weighted by Crippen LogP contribution is -2.45. The molecule has 2 amide bonds. The van der Waals surface area contributed by atoms with E-state index < -0.39 is 35.6 Å². The van der Waals surface area contributed by atoms with Gasteiger partial charge in [-0.3, -0.25) is 9.59 Å². The molecular formula is C22H18F2N4O3. The Balaban J connectivity index is 1.68. The summed E-state index contributed by atoms with van der Waals surface area (Å²) < 4.78 is 27.5. The van der Waals surface area contributed by atoms with Crippen LogP contribution < -0.4 is 10.6 Å². The van der Waals surface area contributed by atoms with Crippen LogP contribution >= 0.6 is 0 Å². The number of carbonyl (C=O) groups is 2. The molecule has 1 aliphatic rings. The minimum Gasteiger partial charge on any atom is -0.389 e. The zero-order valence-corrected chi connectivity index (χ0v) is 16.2. The van der Waals surface area contributed by atoms with E-state index in [9.17, 15) is 28.7 Å². The monoisotopic (exact) mass is 424 g/mol. The van der Waals surface area contributed by atoms with Crippen LogP contribution in [0.2, 0.25) is 0 Å². The average molecular weight is 424 g/mol. The number of benzene rings is 2. The first-order valence-corrected chi connectivity index (χ1v) is 9.62. The molecule has 2 heterocycles. The van der Waals surface area contributed by atoms with E-state index in [0.29, 0.717) is 27.7 Å². The van der Waals surface area contributed by atoms with Crippen LogP contribution in [0.15, 0.2) is 36.4 Å². The minimum atomic E-state index is -1.02. The first-order valence-electron chi connectivity index (χ1n) is 9.62. The number of amides is 2. The van der Waals surface area contributed by atoms with Crippen molar-refractivity contribution in [2.75, 3.05) is 6.54 Å². The molecule has 3 aromatic rings. The van der Waals surface area contributed by atoms with Gasteiger partial charge in [0, 0.05) is 24.0 Å². The third-order valence-electron chi connectivity index (χ3n) is 5.30. The number of nitrogens with one attached hydrogen (secondary N) is 3. The number of nitrogens with zero attached hydrogens (tertiary/aromatic N) is 1. The van der Waals surface area contributed by atoms with Crippen LogP contribution in [0.25, 0.3) is 22.2 Å². The van der Waals surface area contributed by atoms with Crippen LogP contribution in [0, 0.1) is 23.0 Å². The summed E-state index contributed by atoms with van der Waals surface area (Å²) in [4.78, 5) is 27.2. The Labute approximate surface area is 175 Å². The molecule has 0 bridgehead atoms. The van der Waals surface area contributed by atoms with E-state index in [4.69, 9.17) is 0 Å². The molecule has 1 aliphatic heterocycles. The van der Waals surface area contributed by atoms with Gasteiger partial charge in [0.25, 0.3) is 0 Å². The average Bonchev–Trinajstić information content (AvgIpc) is 3.27. The van der Waals surface area contributed by atoms with Crippen molar-refractivity contribution < 1.29 is 23.5 Å². The van der Waals surface area contributed by atoms with Gasteiger partial charge in [-0.05, 0) is 53.9 Å². The molecule has 0 unspecified atom stereocenters. The van der Waals surface area contributed by atoms with Crippen molar-refractivity contribution in [3.63, 3.8) is 0 Å². The molecule has 2 aromatic carbocycles. The first kappa shape index (κ1) is 20.5. The van der Waals surface area contributed by atoms with Gasteiger partial charge in [-0.1, -0.05) is 0 Å². The molecule has 0 saturated carbocycles. The second kappa shape index (κ2) is 8.16. The number of fused-ring (bicyclic) bond motifs is 1. The summed E-state index contributed by atoms with van der Waals surface area (Å²) >= 11 is 0. The normalized spacial score (nSPS) is 18.1. The molecule has 158 valence electrons. The van der Waals surface area contributed by atoms with Crippen LogP contribution in [0.4, 0.5) is 8.78 Å². The number of aliphatic hydroxyl groups is 1. The molecule has 4 rings (SSSR count). The zero-order chi connectivity index (χ0) is 22.1. The lowest BCUT2D eigenvalue weighted by atomic mass is 10.00. The quantitative estimate of drug-likeness (QED) is 0.500. The van der Waals surface area contributed by atoms with Gasteiger partial charge in [0.1, 0.15) is 29.8 Å². The zero-order valence-electron chi connectivity index (χ0n) is 16.2. The Morgan fingerprint density at radius 3 is 2.61 bits per heavy atom. The maximum absolute atomic E-state index is 14.1. The smallest absolute Gasteiger partial charge is 0.245 e. The van der Waals surface area contributed by atoms with Crippen molar-refractivity contribution in [3.05, 3.63) is 59.2 Å².